The molecule has 1 saturated heterocycles. The Balaban J connectivity index is 2.61. The Bertz CT molecular complexity index is 333. The fourth-order valence-corrected chi connectivity index (χ4v) is 2.23. The molecule has 116 valence electrons. The molecule has 1 aliphatic heterocycles. The van der Waals surface area contributed by atoms with Gasteiger partial charge in [-0.25, -0.2) is 4.79 Å². The molecule has 0 spiro atoms. The number of carbonyl (C=O) groups is 2. The van der Waals surface area contributed by atoms with Crippen LogP contribution >= 0.6 is 0 Å². The molecule has 0 radical (unpaired) electrons. The zero-order valence-corrected chi connectivity index (χ0v) is 12.8. The molecule has 20 heavy (non-hydrogen) atoms. The molecular weight excluding hydrogens is 260 g/mol. The molecule has 1 aliphatic rings. The van der Waals surface area contributed by atoms with Gasteiger partial charge in [0.15, 0.2) is 0 Å². The van der Waals surface area contributed by atoms with Gasteiger partial charge in [-0.15, -0.1) is 0 Å². The van der Waals surface area contributed by atoms with E-state index in [0.29, 0.717) is 13.2 Å². The first-order valence-electron chi connectivity index (χ1n) is 7.20. The second-order valence-corrected chi connectivity index (χ2v) is 5.46. The summed E-state index contributed by atoms with van der Waals surface area (Å²) in [6.45, 7) is 7.59. The number of methoxy groups -OCH3 is 1. The third kappa shape index (κ3) is 4.45. The van der Waals surface area contributed by atoms with Crippen LogP contribution in [-0.4, -0.2) is 50.8 Å². The van der Waals surface area contributed by atoms with Crippen LogP contribution < -0.4 is 10.6 Å². The Morgan fingerprint density at radius 3 is 2.60 bits per heavy atom. The van der Waals surface area contributed by atoms with Gasteiger partial charge in [0.05, 0.1) is 26.2 Å². The highest BCUT2D eigenvalue weighted by molar-refractivity contribution is 5.86. The number of ether oxygens (including phenoxy) is 2. The number of amides is 1. The molecule has 0 aromatic carbocycles. The Morgan fingerprint density at radius 2 is 2.05 bits per heavy atom. The minimum Gasteiger partial charge on any atom is -0.467 e. The average Bonchev–Trinajstić information content (AvgIpc) is 2.89. The van der Waals surface area contributed by atoms with Gasteiger partial charge in [-0.2, -0.15) is 0 Å². The molecular formula is C14H26N2O4. The molecule has 0 saturated carbocycles. The van der Waals surface area contributed by atoms with Gasteiger partial charge in [0.1, 0.15) is 6.04 Å². The van der Waals surface area contributed by atoms with Crippen molar-refractivity contribution >= 4 is 11.9 Å². The van der Waals surface area contributed by atoms with Gasteiger partial charge >= 0.3 is 5.97 Å². The van der Waals surface area contributed by atoms with Gasteiger partial charge in [-0.05, 0) is 18.9 Å². The van der Waals surface area contributed by atoms with Crippen LogP contribution in [0.3, 0.4) is 0 Å². The summed E-state index contributed by atoms with van der Waals surface area (Å²) in [6.07, 6.45) is 1.00. The van der Waals surface area contributed by atoms with Crippen LogP contribution in [0.15, 0.2) is 0 Å². The SMILES string of the molecule is CCCNC1COCC1C(=O)N[C@H](C(=O)OC)C(C)C. The lowest BCUT2D eigenvalue weighted by molar-refractivity contribution is -0.147. The normalized spacial score (nSPS) is 23.6. The van der Waals surface area contributed by atoms with Gasteiger partial charge in [0.25, 0.3) is 0 Å². The lowest BCUT2D eigenvalue weighted by Crippen LogP contribution is -2.51. The number of hydrogen-bond donors (Lipinski definition) is 2. The predicted molar refractivity (Wildman–Crippen MR) is 75.2 cm³/mol. The lowest BCUT2D eigenvalue weighted by Gasteiger charge is -2.24. The molecule has 0 aromatic heterocycles. The minimum atomic E-state index is -0.611. The Labute approximate surface area is 120 Å². The van der Waals surface area contributed by atoms with Crippen LogP contribution in [-0.2, 0) is 19.1 Å². The molecule has 0 bridgehead atoms. The third-order valence-electron chi connectivity index (χ3n) is 3.49. The first-order valence-corrected chi connectivity index (χ1v) is 7.20. The maximum atomic E-state index is 12.3. The van der Waals surface area contributed by atoms with E-state index in [0.717, 1.165) is 13.0 Å². The first kappa shape index (κ1) is 16.9. The van der Waals surface area contributed by atoms with Crippen molar-refractivity contribution in [3.8, 4) is 0 Å². The lowest BCUT2D eigenvalue weighted by atomic mass is 9.99. The third-order valence-corrected chi connectivity index (χ3v) is 3.49. The topological polar surface area (TPSA) is 76.7 Å². The first-order chi connectivity index (χ1) is 9.51. The van der Waals surface area contributed by atoms with E-state index in [-0.39, 0.29) is 23.8 Å². The van der Waals surface area contributed by atoms with E-state index in [9.17, 15) is 9.59 Å². The van der Waals surface area contributed by atoms with Crippen molar-refractivity contribution in [3.63, 3.8) is 0 Å². The second kappa shape index (κ2) is 8.21. The molecule has 6 nitrogen and oxygen atoms in total. The molecule has 1 heterocycles. The number of hydrogen-bond acceptors (Lipinski definition) is 5. The summed E-state index contributed by atoms with van der Waals surface area (Å²) < 4.78 is 10.1. The molecule has 1 fully saturated rings. The van der Waals surface area contributed by atoms with Gasteiger partial charge in [0.2, 0.25) is 5.91 Å². The quantitative estimate of drug-likeness (QED) is 0.659. The van der Waals surface area contributed by atoms with E-state index in [2.05, 4.69) is 17.6 Å². The van der Waals surface area contributed by atoms with Crippen molar-refractivity contribution in [1.29, 1.82) is 0 Å². The summed E-state index contributed by atoms with van der Waals surface area (Å²) in [5.74, 6) is -0.839. The van der Waals surface area contributed by atoms with E-state index in [1.54, 1.807) is 0 Å². The standard InChI is InChI=1S/C14H26N2O4/c1-5-6-15-11-8-20-7-10(11)13(17)16-12(9(2)3)14(18)19-4/h9-12,15H,5-8H2,1-4H3,(H,16,17)/t10?,11?,12-/m0/s1. The highest BCUT2D eigenvalue weighted by atomic mass is 16.5. The van der Waals surface area contributed by atoms with E-state index < -0.39 is 12.0 Å². The minimum absolute atomic E-state index is 0.0143. The van der Waals surface area contributed by atoms with Crippen molar-refractivity contribution < 1.29 is 19.1 Å². The molecule has 1 rings (SSSR count). The number of carbonyl (C=O) groups excluding carboxylic acids is 2. The summed E-state index contributed by atoms with van der Waals surface area (Å²) in [6, 6.07) is -0.597. The zero-order valence-electron chi connectivity index (χ0n) is 12.8. The van der Waals surface area contributed by atoms with Crippen LogP contribution in [0.1, 0.15) is 27.2 Å². The summed E-state index contributed by atoms with van der Waals surface area (Å²) in [7, 11) is 1.33. The molecule has 3 atom stereocenters. The highest BCUT2D eigenvalue weighted by Gasteiger charge is 2.36. The number of rotatable bonds is 7. The highest BCUT2D eigenvalue weighted by Crippen LogP contribution is 2.15. The molecule has 6 heteroatoms. The Hall–Kier alpha value is -1.14. The van der Waals surface area contributed by atoms with Crippen LogP contribution in [0, 0.1) is 11.8 Å². The molecule has 2 unspecified atom stereocenters. The monoisotopic (exact) mass is 286 g/mol. The molecule has 0 aromatic rings. The van der Waals surface area contributed by atoms with Crippen molar-refractivity contribution in [2.75, 3.05) is 26.9 Å². The van der Waals surface area contributed by atoms with Crippen molar-refractivity contribution in [3.05, 3.63) is 0 Å². The van der Waals surface area contributed by atoms with E-state index in [1.165, 1.54) is 7.11 Å². The predicted octanol–water partition coefficient (Wildman–Crippen LogP) is 0.315. The van der Waals surface area contributed by atoms with Crippen LogP contribution in [0.25, 0.3) is 0 Å². The van der Waals surface area contributed by atoms with Crippen LogP contribution in [0.2, 0.25) is 0 Å². The fourth-order valence-electron chi connectivity index (χ4n) is 2.23. The summed E-state index contributed by atoms with van der Waals surface area (Å²) in [5, 5.41) is 6.09. The summed E-state index contributed by atoms with van der Waals surface area (Å²) in [5.41, 5.74) is 0. The van der Waals surface area contributed by atoms with Gasteiger partial charge in [0, 0.05) is 6.04 Å². The van der Waals surface area contributed by atoms with Gasteiger partial charge in [-0.3, -0.25) is 4.79 Å². The molecule has 0 aliphatic carbocycles. The maximum absolute atomic E-state index is 12.3. The number of esters is 1. The van der Waals surface area contributed by atoms with Gasteiger partial charge in [-0.1, -0.05) is 20.8 Å². The van der Waals surface area contributed by atoms with Crippen molar-refractivity contribution in [2.45, 2.75) is 39.3 Å². The second-order valence-electron chi connectivity index (χ2n) is 5.46. The molecule has 2 N–H and O–H groups in total. The maximum Gasteiger partial charge on any atom is 0.328 e. The zero-order chi connectivity index (χ0) is 15.1. The van der Waals surface area contributed by atoms with E-state index in [1.807, 2.05) is 13.8 Å². The largest absolute Gasteiger partial charge is 0.467 e. The van der Waals surface area contributed by atoms with E-state index in [4.69, 9.17) is 9.47 Å². The van der Waals surface area contributed by atoms with Crippen LogP contribution in [0.5, 0.6) is 0 Å². The van der Waals surface area contributed by atoms with Crippen LogP contribution in [0.4, 0.5) is 0 Å². The van der Waals surface area contributed by atoms with Crippen molar-refractivity contribution in [1.82, 2.24) is 10.6 Å². The summed E-state index contributed by atoms with van der Waals surface area (Å²) >= 11 is 0. The van der Waals surface area contributed by atoms with E-state index >= 15 is 0 Å². The Kier molecular flexibility index (Phi) is 6.95. The fraction of sp³-hybridized carbons (Fsp3) is 0.857. The van der Waals surface area contributed by atoms with Gasteiger partial charge < -0.3 is 20.1 Å². The number of nitrogens with one attached hydrogen (secondary N) is 2. The molecule has 1 amide bonds. The average molecular weight is 286 g/mol. The Morgan fingerprint density at radius 1 is 1.35 bits per heavy atom. The van der Waals surface area contributed by atoms with Crippen molar-refractivity contribution in [2.24, 2.45) is 11.8 Å². The smallest absolute Gasteiger partial charge is 0.328 e. The summed E-state index contributed by atoms with van der Waals surface area (Å²) in [4.78, 5) is 24.0.